The molecule has 0 aromatic heterocycles. The Balaban J connectivity index is 1.77. The zero-order chi connectivity index (χ0) is 14.5. The van der Waals surface area contributed by atoms with Crippen LogP contribution in [0.15, 0.2) is 0 Å². The van der Waals surface area contributed by atoms with Crippen LogP contribution >= 0.6 is 11.8 Å². The minimum Gasteiger partial charge on any atom is -0.376 e. The van der Waals surface area contributed by atoms with Crippen molar-refractivity contribution in [1.82, 2.24) is 10.2 Å². The summed E-state index contributed by atoms with van der Waals surface area (Å²) in [5, 5.41) is 3.83. The normalized spacial score (nSPS) is 31.2. The lowest BCUT2D eigenvalue weighted by Gasteiger charge is -2.28. The predicted octanol–water partition coefficient (Wildman–Crippen LogP) is 2.87. The minimum absolute atomic E-state index is 0.0557. The van der Waals surface area contributed by atoms with Gasteiger partial charge in [-0.25, -0.2) is 4.79 Å². The number of hydrogen-bond acceptors (Lipinski definition) is 3. The quantitative estimate of drug-likeness (QED) is 0.849. The van der Waals surface area contributed by atoms with E-state index in [9.17, 15) is 4.79 Å². The Bertz CT molecular complexity index is 321. The van der Waals surface area contributed by atoms with E-state index in [2.05, 4.69) is 12.2 Å². The smallest absolute Gasteiger partial charge is 0.317 e. The highest BCUT2D eigenvalue weighted by molar-refractivity contribution is 7.99. The summed E-state index contributed by atoms with van der Waals surface area (Å²) >= 11 is 2.03. The van der Waals surface area contributed by atoms with Crippen molar-refractivity contribution in [2.45, 2.75) is 69.4 Å². The van der Waals surface area contributed by atoms with Gasteiger partial charge in [-0.2, -0.15) is 11.8 Å². The monoisotopic (exact) mass is 300 g/mol. The van der Waals surface area contributed by atoms with Crippen molar-refractivity contribution in [3.8, 4) is 0 Å². The molecule has 2 fully saturated rings. The molecule has 2 amide bonds. The largest absolute Gasteiger partial charge is 0.376 e. The molecule has 4 nitrogen and oxygen atoms in total. The van der Waals surface area contributed by atoms with Gasteiger partial charge < -0.3 is 15.0 Å². The predicted molar refractivity (Wildman–Crippen MR) is 84.3 cm³/mol. The summed E-state index contributed by atoms with van der Waals surface area (Å²) in [5.41, 5.74) is 0. The molecule has 1 heterocycles. The molecule has 0 aromatic rings. The van der Waals surface area contributed by atoms with Gasteiger partial charge >= 0.3 is 6.03 Å². The summed E-state index contributed by atoms with van der Waals surface area (Å²) in [5.74, 6) is 1.17. The molecule has 1 N–H and O–H groups in total. The molecule has 0 aromatic carbocycles. The molecule has 1 aliphatic carbocycles. The fourth-order valence-electron chi connectivity index (χ4n) is 3.21. The number of ether oxygens (including phenoxy) is 1. The first kappa shape index (κ1) is 16.0. The van der Waals surface area contributed by atoms with Crippen LogP contribution in [-0.2, 0) is 4.74 Å². The average molecular weight is 300 g/mol. The van der Waals surface area contributed by atoms with Gasteiger partial charge in [0.15, 0.2) is 0 Å². The van der Waals surface area contributed by atoms with E-state index < -0.39 is 0 Å². The fraction of sp³-hybridized carbons (Fsp3) is 0.933. The third kappa shape index (κ3) is 4.04. The number of thioether (sulfide) groups is 1. The van der Waals surface area contributed by atoms with Crippen LogP contribution in [-0.4, -0.2) is 53.8 Å². The van der Waals surface area contributed by atoms with Gasteiger partial charge in [-0.1, -0.05) is 6.92 Å². The second-order valence-electron chi connectivity index (χ2n) is 5.94. The molecule has 0 spiro atoms. The third-order valence-electron chi connectivity index (χ3n) is 4.50. The standard InChI is InChI=1S/C15H28N2O2S/c1-4-20-13-8-7-12(10-13)17(3)15(18)16-11(2)14-6-5-9-19-14/h11-14H,4-10H2,1-3H3,(H,16,18)/t11-,12-,13+,14+/m0/s1. The van der Waals surface area contributed by atoms with E-state index in [0.29, 0.717) is 6.04 Å². The van der Waals surface area contributed by atoms with Crippen LogP contribution < -0.4 is 5.32 Å². The lowest BCUT2D eigenvalue weighted by atomic mass is 10.1. The van der Waals surface area contributed by atoms with E-state index >= 15 is 0 Å². The van der Waals surface area contributed by atoms with Gasteiger partial charge in [0.1, 0.15) is 0 Å². The number of hydrogen-bond donors (Lipinski definition) is 1. The highest BCUT2D eigenvalue weighted by Gasteiger charge is 2.31. The van der Waals surface area contributed by atoms with Crippen LogP contribution in [0, 0.1) is 0 Å². The molecule has 4 atom stereocenters. The minimum atomic E-state index is 0.0557. The first-order chi connectivity index (χ1) is 9.61. The van der Waals surface area contributed by atoms with Gasteiger partial charge in [0.05, 0.1) is 12.1 Å². The summed E-state index contributed by atoms with van der Waals surface area (Å²) in [6.45, 7) is 5.09. The van der Waals surface area contributed by atoms with E-state index in [1.165, 1.54) is 12.2 Å². The van der Waals surface area contributed by atoms with Crippen LogP contribution in [0.2, 0.25) is 0 Å². The number of amides is 2. The number of urea groups is 1. The van der Waals surface area contributed by atoms with Gasteiger partial charge in [0.2, 0.25) is 0 Å². The van der Waals surface area contributed by atoms with Crippen molar-refractivity contribution in [3.63, 3.8) is 0 Å². The molecular formula is C15H28N2O2S. The van der Waals surface area contributed by atoms with E-state index in [-0.39, 0.29) is 18.2 Å². The molecule has 116 valence electrons. The summed E-state index contributed by atoms with van der Waals surface area (Å²) in [6.07, 6.45) is 5.87. The molecule has 1 saturated carbocycles. The van der Waals surface area contributed by atoms with Crippen molar-refractivity contribution >= 4 is 17.8 Å². The Kier molecular flexibility index (Phi) is 6.02. The van der Waals surface area contributed by atoms with Crippen LogP contribution in [0.25, 0.3) is 0 Å². The molecule has 0 radical (unpaired) electrons. The lowest BCUT2D eigenvalue weighted by Crippen LogP contribution is -2.49. The van der Waals surface area contributed by atoms with Crippen molar-refractivity contribution in [1.29, 1.82) is 0 Å². The first-order valence-corrected chi connectivity index (χ1v) is 8.93. The Morgan fingerprint density at radius 2 is 2.25 bits per heavy atom. The molecule has 2 rings (SSSR count). The number of nitrogens with one attached hydrogen (secondary N) is 1. The van der Waals surface area contributed by atoms with Gasteiger partial charge in [0.25, 0.3) is 0 Å². The maximum Gasteiger partial charge on any atom is 0.317 e. The van der Waals surface area contributed by atoms with E-state index in [1.807, 2.05) is 30.6 Å². The van der Waals surface area contributed by atoms with Gasteiger partial charge in [-0.15, -0.1) is 0 Å². The summed E-state index contributed by atoms with van der Waals surface area (Å²) < 4.78 is 5.63. The third-order valence-corrected chi connectivity index (χ3v) is 5.73. The summed E-state index contributed by atoms with van der Waals surface area (Å²) in [7, 11) is 1.93. The van der Waals surface area contributed by atoms with Crippen LogP contribution in [0.3, 0.4) is 0 Å². The molecule has 0 unspecified atom stereocenters. The Morgan fingerprint density at radius 1 is 1.45 bits per heavy atom. The highest BCUT2D eigenvalue weighted by atomic mass is 32.2. The highest BCUT2D eigenvalue weighted by Crippen LogP contribution is 2.32. The first-order valence-electron chi connectivity index (χ1n) is 7.88. The second-order valence-corrected chi connectivity index (χ2v) is 7.52. The van der Waals surface area contributed by atoms with Gasteiger partial charge in [-0.3, -0.25) is 0 Å². The zero-order valence-corrected chi connectivity index (χ0v) is 13.7. The molecular weight excluding hydrogens is 272 g/mol. The lowest BCUT2D eigenvalue weighted by molar-refractivity contribution is 0.0829. The zero-order valence-electron chi connectivity index (χ0n) is 12.9. The number of nitrogens with zero attached hydrogens (tertiary/aromatic N) is 1. The number of carbonyl (C=O) groups excluding carboxylic acids is 1. The average Bonchev–Trinajstić information content (AvgIpc) is 3.09. The number of carbonyl (C=O) groups is 1. The topological polar surface area (TPSA) is 41.6 Å². The van der Waals surface area contributed by atoms with Crippen molar-refractivity contribution in [2.75, 3.05) is 19.4 Å². The van der Waals surface area contributed by atoms with Crippen molar-refractivity contribution < 1.29 is 9.53 Å². The molecule has 20 heavy (non-hydrogen) atoms. The summed E-state index contributed by atoms with van der Waals surface area (Å²) in [4.78, 5) is 14.2. The van der Waals surface area contributed by atoms with Crippen LogP contribution in [0.1, 0.15) is 46.0 Å². The van der Waals surface area contributed by atoms with E-state index in [1.54, 1.807) is 0 Å². The van der Waals surface area contributed by atoms with E-state index in [4.69, 9.17) is 4.74 Å². The SMILES string of the molecule is CCS[C@@H]1CC[C@H](N(C)C(=O)N[C@@H](C)[C@H]2CCCO2)C1. The molecule has 5 heteroatoms. The molecule has 1 aliphatic heterocycles. The molecule has 0 bridgehead atoms. The molecule has 2 aliphatic rings. The summed E-state index contributed by atoms with van der Waals surface area (Å²) in [6, 6.07) is 0.561. The van der Waals surface area contributed by atoms with Gasteiger partial charge in [-0.05, 0) is 44.8 Å². The Labute approximate surface area is 127 Å². The van der Waals surface area contributed by atoms with Crippen molar-refractivity contribution in [3.05, 3.63) is 0 Å². The fourth-order valence-corrected chi connectivity index (χ4v) is 4.34. The Morgan fingerprint density at radius 3 is 2.90 bits per heavy atom. The maximum atomic E-state index is 12.3. The second kappa shape index (κ2) is 7.55. The van der Waals surface area contributed by atoms with Crippen LogP contribution in [0.5, 0.6) is 0 Å². The Hall–Kier alpha value is -0.420. The van der Waals surface area contributed by atoms with E-state index in [0.717, 1.165) is 37.5 Å². The molecule has 1 saturated heterocycles. The number of rotatable bonds is 5. The maximum absolute atomic E-state index is 12.3. The van der Waals surface area contributed by atoms with Gasteiger partial charge in [0, 0.05) is 24.9 Å². The van der Waals surface area contributed by atoms with Crippen LogP contribution in [0.4, 0.5) is 4.79 Å². The van der Waals surface area contributed by atoms with Crippen molar-refractivity contribution in [2.24, 2.45) is 0 Å².